The Hall–Kier alpha value is -1.56. The summed E-state index contributed by atoms with van der Waals surface area (Å²) in [5.41, 5.74) is 6.83. The Morgan fingerprint density at radius 3 is 2.29 bits per heavy atom. The van der Waals surface area contributed by atoms with Crippen molar-refractivity contribution in [2.24, 2.45) is 11.8 Å². The average Bonchev–Trinajstić information content (AvgIpc) is 2.87. The number of rotatable bonds is 5. The molecule has 0 radical (unpaired) electrons. The highest BCUT2D eigenvalue weighted by Gasteiger charge is 2.25. The summed E-state index contributed by atoms with van der Waals surface area (Å²) in [6.45, 7) is 15.5. The SMILES string of the molecule is C=C(CC)c1ccc(C2C=C(C)C=C2C(C)C(C)C)cc1. The van der Waals surface area contributed by atoms with Crippen molar-refractivity contribution in [2.75, 3.05) is 0 Å². The smallest absolute Gasteiger partial charge is 0.0239 e. The van der Waals surface area contributed by atoms with Gasteiger partial charge >= 0.3 is 0 Å². The number of hydrogen-bond acceptors (Lipinski definition) is 0. The quantitative estimate of drug-likeness (QED) is 0.587. The number of allylic oxidation sites excluding steroid dienone is 5. The van der Waals surface area contributed by atoms with E-state index in [1.807, 2.05) is 0 Å². The van der Waals surface area contributed by atoms with Gasteiger partial charge in [0, 0.05) is 5.92 Å². The molecular weight excluding hydrogens is 252 g/mol. The van der Waals surface area contributed by atoms with Gasteiger partial charge in [0.25, 0.3) is 0 Å². The van der Waals surface area contributed by atoms with Crippen LogP contribution in [0.1, 0.15) is 58.1 Å². The zero-order valence-electron chi connectivity index (χ0n) is 14.1. The van der Waals surface area contributed by atoms with E-state index in [1.54, 1.807) is 5.57 Å². The first-order valence-corrected chi connectivity index (χ1v) is 8.12. The molecule has 0 bridgehead atoms. The molecule has 112 valence electrons. The fourth-order valence-electron chi connectivity index (χ4n) is 2.98. The summed E-state index contributed by atoms with van der Waals surface area (Å²) < 4.78 is 0. The lowest BCUT2D eigenvalue weighted by Crippen LogP contribution is -2.11. The Labute approximate surface area is 130 Å². The van der Waals surface area contributed by atoms with Crippen molar-refractivity contribution in [1.29, 1.82) is 0 Å². The van der Waals surface area contributed by atoms with Gasteiger partial charge in [-0.2, -0.15) is 0 Å². The third-order valence-electron chi connectivity index (χ3n) is 4.81. The van der Waals surface area contributed by atoms with Crippen LogP contribution in [0.4, 0.5) is 0 Å². The van der Waals surface area contributed by atoms with E-state index in [1.165, 1.54) is 22.3 Å². The van der Waals surface area contributed by atoms with Gasteiger partial charge in [-0.15, -0.1) is 0 Å². The molecule has 1 aromatic rings. The van der Waals surface area contributed by atoms with Gasteiger partial charge in [-0.1, -0.05) is 81.8 Å². The van der Waals surface area contributed by atoms with Crippen LogP contribution in [0.2, 0.25) is 0 Å². The summed E-state index contributed by atoms with van der Waals surface area (Å²) in [6, 6.07) is 8.99. The molecule has 0 aliphatic heterocycles. The van der Waals surface area contributed by atoms with Crippen molar-refractivity contribution in [2.45, 2.75) is 47.0 Å². The van der Waals surface area contributed by atoms with Gasteiger partial charge < -0.3 is 0 Å². The molecule has 0 nitrogen and oxygen atoms in total. The summed E-state index contributed by atoms with van der Waals surface area (Å²) in [7, 11) is 0. The van der Waals surface area contributed by atoms with Crippen molar-refractivity contribution < 1.29 is 0 Å². The highest BCUT2D eigenvalue weighted by Crippen LogP contribution is 2.40. The molecule has 2 atom stereocenters. The molecule has 0 heterocycles. The molecule has 0 saturated carbocycles. The van der Waals surface area contributed by atoms with Crippen LogP contribution in [0.25, 0.3) is 5.57 Å². The first-order valence-electron chi connectivity index (χ1n) is 8.12. The van der Waals surface area contributed by atoms with Crippen molar-refractivity contribution in [1.82, 2.24) is 0 Å². The zero-order chi connectivity index (χ0) is 15.6. The number of benzene rings is 1. The second-order valence-electron chi connectivity index (χ2n) is 6.64. The normalized spacial score (nSPS) is 19.4. The van der Waals surface area contributed by atoms with Crippen LogP contribution in [0.15, 0.2) is 54.1 Å². The lowest BCUT2D eigenvalue weighted by molar-refractivity contribution is 0.467. The van der Waals surface area contributed by atoms with Gasteiger partial charge in [0.1, 0.15) is 0 Å². The van der Waals surface area contributed by atoms with Gasteiger partial charge in [0.05, 0.1) is 0 Å². The molecule has 0 aromatic heterocycles. The van der Waals surface area contributed by atoms with Crippen molar-refractivity contribution in [3.63, 3.8) is 0 Å². The highest BCUT2D eigenvalue weighted by molar-refractivity contribution is 5.63. The van der Waals surface area contributed by atoms with E-state index in [-0.39, 0.29) is 0 Å². The molecule has 1 aliphatic carbocycles. The van der Waals surface area contributed by atoms with E-state index in [0.29, 0.717) is 17.8 Å². The molecule has 21 heavy (non-hydrogen) atoms. The number of hydrogen-bond donors (Lipinski definition) is 0. The third-order valence-corrected chi connectivity index (χ3v) is 4.81. The lowest BCUT2D eigenvalue weighted by atomic mass is 9.81. The Morgan fingerprint density at radius 2 is 1.76 bits per heavy atom. The van der Waals surface area contributed by atoms with E-state index in [2.05, 4.69) is 77.6 Å². The minimum absolute atomic E-state index is 0.450. The van der Waals surface area contributed by atoms with E-state index in [0.717, 1.165) is 6.42 Å². The van der Waals surface area contributed by atoms with E-state index < -0.39 is 0 Å². The second-order valence-corrected chi connectivity index (χ2v) is 6.64. The van der Waals surface area contributed by atoms with Crippen LogP contribution in [0.5, 0.6) is 0 Å². The first-order chi connectivity index (χ1) is 9.93. The molecule has 0 fully saturated rings. The maximum atomic E-state index is 4.13. The molecule has 1 aromatic carbocycles. The standard InChI is InChI=1S/C21H28/c1-7-16(5)18-8-10-19(11-9-18)21-13-15(4)12-20(21)17(6)14(2)3/h8-14,17,21H,5,7H2,1-4,6H3. The summed E-state index contributed by atoms with van der Waals surface area (Å²) >= 11 is 0. The Balaban J connectivity index is 2.28. The van der Waals surface area contributed by atoms with Crippen molar-refractivity contribution in [3.8, 4) is 0 Å². The van der Waals surface area contributed by atoms with Gasteiger partial charge in [0.2, 0.25) is 0 Å². The molecule has 2 rings (SSSR count). The monoisotopic (exact) mass is 280 g/mol. The van der Waals surface area contributed by atoms with Gasteiger partial charge in [-0.25, -0.2) is 0 Å². The summed E-state index contributed by atoms with van der Waals surface area (Å²) in [4.78, 5) is 0. The molecule has 0 saturated heterocycles. The largest absolute Gasteiger partial charge is 0.0952 e. The van der Waals surface area contributed by atoms with Gasteiger partial charge in [-0.3, -0.25) is 0 Å². The minimum Gasteiger partial charge on any atom is -0.0952 e. The summed E-state index contributed by atoms with van der Waals surface area (Å²) in [6.07, 6.45) is 5.80. The average molecular weight is 280 g/mol. The van der Waals surface area contributed by atoms with Crippen LogP contribution in [0.3, 0.4) is 0 Å². The maximum absolute atomic E-state index is 4.13. The molecule has 0 heteroatoms. The predicted molar refractivity (Wildman–Crippen MR) is 94.4 cm³/mol. The van der Waals surface area contributed by atoms with Gasteiger partial charge in [-0.05, 0) is 41.9 Å². The zero-order valence-corrected chi connectivity index (χ0v) is 14.1. The van der Waals surface area contributed by atoms with E-state index in [4.69, 9.17) is 0 Å². The Bertz CT molecular complexity index is 567. The van der Waals surface area contributed by atoms with E-state index in [9.17, 15) is 0 Å². The summed E-state index contributed by atoms with van der Waals surface area (Å²) in [5, 5.41) is 0. The molecule has 2 unspecified atom stereocenters. The van der Waals surface area contributed by atoms with Crippen LogP contribution < -0.4 is 0 Å². The lowest BCUT2D eigenvalue weighted by Gasteiger charge is -2.24. The van der Waals surface area contributed by atoms with Crippen molar-refractivity contribution in [3.05, 3.63) is 65.3 Å². The van der Waals surface area contributed by atoms with Gasteiger partial charge in [0.15, 0.2) is 0 Å². The second kappa shape index (κ2) is 6.47. The topological polar surface area (TPSA) is 0 Å². The van der Waals surface area contributed by atoms with Crippen LogP contribution >= 0.6 is 0 Å². The Morgan fingerprint density at radius 1 is 1.14 bits per heavy atom. The minimum atomic E-state index is 0.450. The summed E-state index contributed by atoms with van der Waals surface area (Å²) in [5.74, 6) is 1.75. The molecule has 0 amide bonds. The fraction of sp³-hybridized carbons (Fsp3) is 0.429. The first kappa shape index (κ1) is 15.8. The maximum Gasteiger partial charge on any atom is 0.0239 e. The molecular formula is C21H28. The highest BCUT2D eigenvalue weighted by atomic mass is 14.3. The van der Waals surface area contributed by atoms with Crippen LogP contribution in [-0.2, 0) is 0 Å². The molecule has 1 aliphatic rings. The van der Waals surface area contributed by atoms with Crippen LogP contribution in [0, 0.1) is 11.8 Å². The van der Waals surface area contributed by atoms with Crippen LogP contribution in [-0.4, -0.2) is 0 Å². The predicted octanol–water partition coefficient (Wildman–Crippen LogP) is 6.37. The molecule has 0 N–H and O–H groups in total. The fourth-order valence-corrected chi connectivity index (χ4v) is 2.98. The van der Waals surface area contributed by atoms with Crippen molar-refractivity contribution >= 4 is 5.57 Å². The molecule has 0 spiro atoms. The third kappa shape index (κ3) is 3.37. The Kier molecular flexibility index (Phi) is 4.88. The van der Waals surface area contributed by atoms with E-state index >= 15 is 0 Å².